The van der Waals surface area contributed by atoms with Gasteiger partial charge in [-0.2, -0.15) is 0 Å². The number of amides is 1. The monoisotopic (exact) mass is 283 g/mol. The molecule has 2 fully saturated rings. The topological polar surface area (TPSA) is 44.8 Å². The first kappa shape index (κ1) is 15.6. The maximum Gasteiger partial charge on any atom is 0.411 e. The Morgan fingerprint density at radius 2 is 1.85 bits per heavy atom. The van der Waals surface area contributed by atoms with Crippen LogP contribution in [-0.4, -0.2) is 60.4 Å². The van der Waals surface area contributed by atoms with E-state index < -0.39 is 5.60 Å². The molecule has 2 aliphatic rings. The molecule has 2 heterocycles. The van der Waals surface area contributed by atoms with Crippen LogP contribution in [-0.2, 0) is 4.74 Å². The number of nitrogens with one attached hydrogen (secondary N) is 1. The molecule has 0 saturated carbocycles. The second kappa shape index (κ2) is 6.31. The zero-order valence-electron chi connectivity index (χ0n) is 13.3. The number of hydrogen-bond donors (Lipinski definition) is 1. The van der Waals surface area contributed by atoms with Crippen molar-refractivity contribution < 1.29 is 9.53 Å². The van der Waals surface area contributed by atoms with Crippen molar-refractivity contribution >= 4 is 6.09 Å². The predicted molar refractivity (Wildman–Crippen MR) is 79.6 cm³/mol. The van der Waals surface area contributed by atoms with E-state index in [1.807, 2.05) is 25.7 Å². The summed E-state index contributed by atoms with van der Waals surface area (Å²) in [7, 11) is 0. The van der Waals surface area contributed by atoms with Crippen LogP contribution >= 0.6 is 0 Å². The fraction of sp³-hybridized carbons (Fsp3) is 0.933. The Kier molecular flexibility index (Phi) is 4.91. The summed E-state index contributed by atoms with van der Waals surface area (Å²) in [5.74, 6) is 0.803. The van der Waals surface area contributed by atoms with Crippen molar-refractivity contribution in [3.8, 4) is 0 Å². The summed E-state index contributed by atoms with van der Waals surface area (Å²) in [6, 6.07) is 0. The highest BCUT2D eigenvalue weighted by molar-refractivity contribution is 5.68. The summed E-state index contributed by atoms with van der Waals surface area (Å²) < 4.78 is 5.55. The lowest BCUT2D eigenvalue weighted by Crippen LogP contribution is -2.62. The van der Waals surface area contributed by atoms with Crippen LogP contribution in [0.3, 0.4) is 0 Å². The van der Waals surface area contributed by atoms with Gasteiger partial charge >= 0.3 is 6.09 Å². The molecule has 0 radical (unpaired) electrons. The average molecular weight is 283 g/mol. The van der Waals surface area contributed by atoms with Crippen LogP contribution in [0.5, 0.6) is 0 Å². The number of piperidine rings is 1. The minimum absolute atomic E-state index is 0.145. The Morgan fingerprint density at radius 3 is 2.45 bits per heavy atom. The minimum atomic E-state index is -0.428. The van der Waals surface area contributed by atoms with Crippen molar-refractivity contribution in [3.63, 3.8) is 0 Å². The number of rotatable bonds is 1. The lowest BCUT2D eigenvalue weighted by molar-refractivity contribution is -0.0270. The van der Waals surface area contributed by atoms with Gasteiger partial charge in [-0.25, -0.2) is 4.79 Å². The molecular formula is C15H29N3O2. The van der Waals surface area contributed by atoms with E-state index in [9.17, 15) is 4.79 Å². The predicted octanol–water partition coefficient (Wildman–Crippen LogP) is 1.88. The molecule has 5 nitrogen and oxygen atoms in total. The molecule has 0 spiro atoms. The van der Waals surface area contributed by atoms with E-state index >= 15 is 0 Å². The molecule has 20 heavy (non-hydrogen) atoms. The lowest BCUT2D eigenvalue weighted by Gasteiger charge is -2.45. The second-order valence-electron chi connectivity index (χ2n) is 7.08. The first-order valence-corrected chi connectivity index (χ1v) is 7.81. The van der Waals surface area contributed by atoms with E-state index in [2.05, 4.69) is 17.1 Å². The van der Waals surface area contributed by atoms with Gasteiger partial charge in [0.15, 0.2) is 0 Å². The number of piperazine rings is 1. The molecule has 0 aliphatic carbocycles. The van der Waals surface area contributed by atoms with Gasteiger partial charge < -0.3 is 10.1 Å². The number of carbonyl (C=O) groups is 1. The highest BCUT2D eigenvalue weighted by Crippen LogP contribution is 2.21. The van der Waals surface area contributed by atoms with Gasteiger partial charge in [-0.3, -0.25) is 9.80 Å². The van der Waals surface area contributed by atoms with Gasteiger partial charge in [0.25, 0.3) is 0 Å². The maximum absolute atomic E-state index is 12.4. The highest BCUT2D eigenvalue weighted by Gasteiger charge is 2.35. The largest absolute Gasteiger partial charge is 0.444 e. The van der Waals surface area contributed by atoms with Crippen LogP contribution in [0.25, 0.3) is 0 Å². The molecule has 2 aliphatic heterocycles. The normalized spacial score (nSPS) is 26.6. The van der Waals surface area contributed by atoms with Crippen LogP contribution in [0, 0.1) is 5.92 Å². The summed E-state index contributed by atoms with van der Waals surface area (Å²) in [4.78, 5) is 16.7. The van der Waals surface area contributed by atoms with Crippen LogP contribution in [0.15, 0.2) is 0 Å². The van der Waals surface area contributed by atoms with Gasteiger partial charge in [-0.1, -0.05) is 6.92 Å². The molecule has 0 aromatic rings. The summed E-state index contributed by atoms with van der Waals surface area (Å²) in [5.41, 5.74) is -0.428. The standard InChI is InChI=1S/C15H29N3O2/c1-12-5-8-17(9-6-12)13-11-16-7-10-18(13)14(19)20-15(2,3)4/h12-13,16H,5-11H2,1-4H3. The quantitative estimate of drug-likeness (QED) is 0.798. The van der Waals surface area contributed by atoms with Gasteiger partial charge in [-0.15, -0.1) is 0 Å². The number of hydrogen-bond acceptors (Lipinski definition) is 4. The summed E-state index contributed by atoms with van der Waals surface area (Å²) in [6.45, 7) is 12.6. The van der Waals surface area contributed by atoms with E-state index in [1.54, 1.807) is 0 Å². The van der Waals surface area contributed by atoms with Crippen molar-refractivity contribution in [1.29, 1.82) is 0 Å². The summed E-state index contributed by atoms with van der Waals surface area (Å²) in [6.07, 6.45) is 2.41. The van der Waals surface area contributed by atoms with Crippen LogP contribution < -0.4 is 5.32 Å². The fourth-order valence-corrected chi connectivity index (χ4v) is 2.88. The molecule has 116 valence electrons. The molecule has 2 rings (SSSR count). The van der Waals surface area contributed by atoms with Crippen molar-refractivity contribution in [1.82, 2.24) is 15.1 Å². The Morgan fingerprint density at radius 1 is 1.20 bits per heavy atom. The molecule has 1 unspecified atom stereocenters. The van der Waals surface area contributed by atoms with Crippen LogP contribution in [0.4, 0.5) is 4.79 Å². The maximum atomic E-state index is 12.4. The lowest BCUT2D eigenvalue weighted by atomic mass is 9.98. The number of ether oxygens (including phenoxy) is 1. The van der Waals surface area contributed by atoms with Gasteiger partial charge in [0.2, 0.25) is 0 Å². The number of carbonyl (C=O) groups excluding carboxylic acids is 1. The summed E-state index contributed by atoms with van der Waals surface area (Å²) in [5, 5.41) is 3.40. The van der Waals surface area contributed by atoms with E-state index in [4.69, 9.17) is 4.74 Å². The average Bonchev–Trinajstić information content (AvgIpc) is 2.38. The molecule has 1 amide bonds. The van der Waals surface area contributed by atoms with E-state index in [-0.39, 0.29) is 12.3 Å². The smallest absolute Gasteiger partial charge is 0.411 e. The molecule has 5 heteroatoms. The Balaban J connectivity index is 1.99. The molecule has 0 bridgehead atoms. The van der Waals surface area contributed by atoms with Crippen molar-refractivity contribution in [3.05, 3.63) is 0 Å². The highest BCUT2D eigenvalue weighted by atomic mass is 16.6. The number of likely N-dealkylation sites (tertiary alicyclic amines) is 1. The zero-order chi connectivity index (χ0) is 14.8. The minimum Gasteiger partial charge on any atom is -0.444 e. The third-order valence-corrected chi connectivity index (χ3v) is 4.08. The zero-order valence-corrected chi connectivity index (χ0v) is 13.3. The van der Waals surface area contributed by atoms with Crippen LogP contribution in [0.1, 0.15) is 40.5 Å². The Labute approximate surface area is 122 Å². The third-order valence-electron chi connectivity index (χ3n) is 4.08. The van der Waals surface area contributed by atoms with Crippen LogP contribution in [0.2, 0.25) is 0 Å². The molecule has 0 aromatic carbocycles. The first-order valence-electron chi connectivity index (χ1n) is 7.81. The molecular weight excluding hydrogens is 254 g/mol. The van der Waals surface area contributed by atoms with Crippen molar-refractivity contribution in [2.75, 3.05) is 32.7 Å². The Hall–Kier alpha value is -0.810. The summed E-state index contributed by atoms with van der Waals surface area (Å²) >= 11 is 0. The molecule has 2 saturated heterocycles. The first-order chi connectivity index (χ1) is 9.37. The van der Waals surface area contributed by atoms with Gasteiger partial charge in [0.1, 0.15) is 11.8 Å². The second-order valence-corrected chi connectivity index (χ2v) is 7.08. The SMILES string of the molecule is CC1CCN(C2CNCCN2C(=O)OC(C)(C)C)CC1. The molecule has 1 N–H and O–H groups in total. The van der Waals surface area contributed by atoms with Crippen molar-refractivity contribution in [2.45, 2.75) is 52.3 Å². The van der Waals surface area contributed by atoms with E-state index in [0.717, 1.165) is 38.6 Å². The van der Waals surface area contributed by atoms with E-state index in [0.29, 0.717) is 0 Å². The van der Waals surface area contributed by atoms with Gasteiger partial charge in [0.05, 0.1) is 0 Å². The van der Waals surface area contributed by atoms with Gasteiger partial charge in [-0.05, 0) is 39.5 Å². The fourth-order valence-electron chi connectivity index (χ4n) is 2.88. The molecule has 1 atom stereocenters. The molecule has 0 aromatic heterocycles. The van der Waals surface area contributed by atoms with Gasteiger partial charge in [0, 0.05) is 32.7 Å². The van der Waals surface area contributed by atoms with Crippen molar-refractivity contribution in [2.24, 2.45) is 5.92 Å². The van der Waals surface area contributed by atoms with E-state index in [1.165, 1.54) is 12.8 Å². The Bertz CT molecular complexity index is 333. The number of nitrogens with zero attached hydrogens (tertiary/aromatic N) is 2. The third kappa shape index (κ3) is 4.09.